The number of hydrogen-bond acceptors (Lipinski definition) is 4. The van der Waals surface area contributed by atoms with Crippen LogP contribution in [0.25, 0.3) is 0 Å². The number of rotatable bonds is 6. The van der Waals surface area contributed by atoms with E-state index in [1.54, 1.807) is 6.26 Å². The number of amides is 1. The number of piperidine rings is 1. The van der Waals surface area contributed by atoms with Crippen molar-refractivity contribution in [3.8, 4) is 5.75 Å². The van der Waals surface area contributed by atoms with Crippen molar-refractivity contribution in [2.24, 2.45) is 0 Å². The number of ether oxygens (including phenoxy) is 1. The number of hydrogen-bond donors (Lipinski definition) is 1. The van der Waals surface area contributed by atoms with Crippen molar-refractivity contribution >= 4 is 5.91 Å². The van der Waals surface area contributed by atoms with E-state index < -0.39 is 6.36 Å². The first-order valence-electron chi connectivity index (χ1n) is 8.84. The van der Waals surface area contributed by atoms with Crippen LogP contribution in [0, 0.1) is 0 Å². The molecule has 0 unspecified atom stereocenters. The number of alkyl halides is 3. The molecule has 0 spiro atoms. The summed E-state index contributed by atoms with van der Waals surface area (Å²) < 4.78 is 46.0. The predicted molar refractivity (Wildman–Crippen MR) is 92.3 cm³/mol. The van der Waals surface area contributed by atoms with E-state index in [1.165, 1.54) is 18.6 Å². The summed E-state index contributed by atoms with van der Waals surface area (Å²) in [7, 11) is 0. The van der Waals surface area contributed by atoms with Crippen LogP contribution in [-0.2, 0) is 0 Å². The highest BCUT2D eigenvalue weighted by Gasteiger charge is 2.31. The summed E-state index contributed by atoms with van der Waals surface area (Å²) in [6.07, 6.45) is 0.250. The third-order valence-electron chi connectivity index (χ3n) is 4.51. The van der Waals surface area contributed by atoms with Crippen LogP contribution in [0.3, 0.4) is 0 Å². The van der Waals surface area contributed by atoms with E-state index in [2.05, 4.69) is 15.0 Å². The van der Waals surface area contributed by atoms with Crippen molar-refractivity contribution in [1.29, 1.82) is 0 Å². The molecule has 1 amide bonds. The van der Waals surface area contributed by atoms with Gasteiger partial charge in [0.15, 0.2) is 0 Å². The second kappa shape index (κ2) is 8.47. The molecule has 146 valence electrons. The number of nitrogens with zero attached hydrogens (tertiary/aromatic N) is 1. The molecule has 1 aliphatic rings. The third kappa shape index (κ3) is 5.50. The van der Waals surface area contributed by atoms with Gasteiger partial charge in [0.05, 0.1) is 12.3 Å². The first kappa shape index (κ1) is 19.3. The van der Waals surface area contributed by atoms with Gasteiger partial charge < -0.3 is 14.5 Å². The lowest BCUT2D eigenvalue weighted by Crippen LogP contribution is -2.40. The van der Waals surface area contributed by atoms with E-state index >= 15 is 0 Å². The molecule has 8 heteroatoms. The molecule has 0 aliphatic carbocycles. The van der Waals surface area contributed by atoms with Crippen molar-refractivity contribution < 1.29 is 27.1 Å². The first-order valence-corrected chi connectivity index (χ1v) is 8.84. The molecule has 0 radical (unpaired) electrons. The Morgan fingerprint density at radius 3 is 2.44 bits per heavy atom. The molecule has 2 aromatic rings. The predicted octanol–water partition coefficient (Wildman–Crippen LogP) is 4.14. The quantitative estimate of drug-likeness (QED) is 0.816. The largest absolute Gasteiger partial charge is 0.573 e. The highest BCUT2D eigenvalue weighted by Crippen LogP contribution is 2.25. The van der Waals surface area contributed by atoms with Gasteiger partial charge in [-0.1, -0.05) is 6.42 Å². The van der Waals surface area contributed by atoms with Crippen LogP contribution in [0.15, 0.2) is 47.1 Å². The van der Waals surface area contributed by atoms with E-state index in [0.29, 0.717) is 6.54 Å². The van der Waals surface area contributed by atoms with E-state index in [9.17, 15) is 18.0 Å². The fourth-order valence-electron chi connectivity index (χ4n) is 3.22. The lowest BCUT2D eigenvalue weighted by Gasteiger charge is -2.33. The summed E-state index contributed by atoms with van der Waals surface area (Å²) in [4.78, 5) is 14.7. The van der Waals surface area contributed by atoms with Crippen molar-refractivity contribution in [1.82, 2.24) is 10.2 Å². The minimum absolute atomic E-state index is 0.0721. The number of halogens is 3. The Labute approximate surface area is 155 Å². The van der Waals surface area contributed by atoms with Gasteiger partial charge in [-0.2, -0.15) is 0 Å². The molecule has 5 nitrogen and oxygen atoms in total. The summed E-state index contributed by atoms with van der Waals surface area (Å²) in [6.45, 7) is 2.22. The Balaban J connectivity index is 1.62. The van der Waals surface area contributed by atoms with Crippen LogP contribution in [0.4, 0.5) is 13.2 Å². The van der Waals surface area contributed by atoms with E-state index in [1.807, 2.05) is 12.1 Å². The molecule has 1 saturated heterocycles. The molecule has 1 N–H and O–H groups in total. The minimum Gasteiger partial charge on any atom is -0.468 e. The third-order valence-corrected chi connectivity index (χ3v) is 4.51. The zero-order valence-corrected chi connectivity index (χ0v) is 14.7. The smallest absolute Gasteiger partial charge is 0.468 e. The Morgan fingerprint density at radius 2 is 1.85 bits per heavy atom. The maximum Gasteiger partial charge on any atom is 0.573 e. The fraction of sp³-hybridized carbons (Fsp3) is 0.421. The van der Waals surface area contributed by atoms with Crippen LogP contribution in [0.2, 0.25) is 0 Å². The molecule has 2 heterocycles. The van der Waals surface area contributed by atoms with Crippen LogP contribution < -0.4 is 10.1 Å². The summed E-state index contributed by atoms with van der Waals surface area (Å²) in [5, 5.41) is 2.85. The Kier molecular flexibility index (Phi) is 6.05. The number of benzene rings is 1. The second-order valence-electron chi connectivity index (χ2n) is 6.41. The lowest BCUT2D eigenvalue weighted by atomic mass is 10.1. The first-order chi connectivity index (χ1) is 12.9. The molecule has 1 aliphatic heterocycles. The molecule has 0 saturated carbocycles. The zero-order chi connectivity index (χ0) is 19.3. The van der Waals surface area contributed by atoms with Crippen LogP contribution in [0.5, 0.6) is 5.75 Å². The molecular formula is C19H21F3N2O3. The summed E-state index contributed by atoms with van der Waals surface area (Å²) >= 11 is 0. The van der Waals surface area contributed by atoms with Gasteiger partial charge in [-0.25, -0.2) is 0 Å². The molecular weight excluding hydrogens is 361 g/mol. The Morgan fingerprint density at radius 1 is 1.15 bits per heavy atom. The molecule has 1 atom stereocenters. The van der Waals surface area contributed by atoms with Gasteiger partial charge >= 0.3 is 6.36 Å². The van der Waals surface area contributed by atoms with Gasteiger partial charge in [-0.3, -0.25) is 9.69 Å². The Hall–Kier alpha value is -2.48. The van der Waals surface area contributed by atoms with Gasteiger partial charge in [-0.05, 0) is 62.3 Å². The van der Waals surface area contributed by atoms with Crippen LogP contribution >= 0.6 is 0 Å². The van der Waals surface area contributed by atoms with Gasteiger partial charge in [-0.15, -0.1) is 13.2 Å². The fourth-order valence-corrected chi connectivity index (χ4v) is 3.22. The summed E-state index contributed by atoms with van der Waals surface area (Å²) in [5.41, 5.74) is 0.265. The van der Waals surface area contributed by atoms with Gasteiger partial charge in [0.25, 0.3) is 5.91 Å². The van der Waals surface area contributed by atoms with Crippen molar-refractivity contribution in [2.75, 3.05) is 19.6 Å². The normalized spacial score (nSPS) is 16.7. The number of likely N-dealkylation sites (tertiary alicyclic amines) is 1. The minimum atomic E-state index is -4.76. The Bertz CT molecular complexity index is 724. The molecule has 27 heavy (non-hydrogen) atoms. The van der Waals surface area contributed by atoms with E-state index in [-0.39, 0.29) is 23.3 Å². The molecule has 1 aromatic carbocycles. The van der Waals surface area contributed by atoms with Crippen molar-refractivity contribution in [3.63, 3.8) is 0 Å². The average molecular weight is 382 g/mol. The zero-order valence-electron chi connectivity index (χ0n) is 14.7. The monoisotopic (exact) mass is 382 g/mol. The number of nitrogens with one attached hydrogen (secondary N) is 1. The molecule has 3 rings (SSSR count). The van der Waals surface area contributed by atoms with Crippen LogP contribution in [0.1, 0.15) is 41.4 Å². The van der Waals surface area contributed by atoms with Gasteiger partial charge in [0.2, 0.25) is 0 Å². The highest BCUT2D eigenvalue weighted by molar-refractivity contribution is 5.94. The SMILES string of the molecule is O=C(NC[C@@H](c1ccco1)N1CCCCC1)c1ccc(OC(F)(F)F)cc1. The summed E-state index contributed by atoms with van der Waals surface area (Å²) in [6, 6.07) is 8.48. The highest BCUT2D eigenvalue weighted by atomic mass is 19.4. The van der Waals surface area contributed by atoms with E-state index in [0.717, 1.165) is 43.8 Å². The number of furan rings is 1. The molecule has 0 bridgehead atoms. The lowest BCUT2D eigenvalue weighted by molar-refractivity contribution is -0.274. The van der Waals surface area contributed by atoms with Crippen LogP contribution in [-0.4, -0.2) is 36.8 Å². The van der Waals surface area contributed by atoms with Crippen molar-refractivity contribution in [2.45, 2.75) is 31.7 Å². The standard InChI is InChI=1S/C19H21F3N2O3/c20-19(21,22)27-15-8-6-14(7-9-15)18(25)23-13-16(17-5-4-12-26-17)24-10-2-1-3-11-24/h4-9,12,16H,1-3,10-11,13H2,(H,23,25)/t16-/m0/s1. The maximum atomic E-state index is 12.4. The van der Waals surface area contributed by atoms with Crippen molar-refractivity contribution in [3.05, 3.63) is 54.0 Å². The van der Waals surface area contributed by atoms with Gasteiger partial charge in [0.1, 0.15) is 11.5 Å². The molecule has 1 fully saturated rings. The second-order valence-corrected chi connectivity index (χ2v) is 6.41. The number of carbonyl (C=O) groups excluding carboxylic acids is 1. The average Bonchev–Trinajstić information content (AvgIpc) is 3.16. The van der Waals surface area contributed by atoms with Gasteiger partial charge in [0, 0.05) is 12.1 Å². The topological polar surface area (TPSA) is 54.7 Å². The molecule has 1 aromatic heterocycles. The maximum absolute atomic E-state index is 12.4. The van der Waals surface area contributed by atoms with E-state index in [4.69, 9.17) is 4.42 Å². The summed E-state index contributed by atoms with van der Waals surface area (Å²) in [5.74, 6) is 0.0640. The number of carbonyl (C=O) groups is 1.